The van der Waals surface area contributed by atoms with Gasteiger partial charge in [0.25, 0.3) is 0 Å². The van der Waals surface area contributed by atoms with E-state index in [0.29, 0.717) is 11.5 Å². The minimum Gasteiger partial charge on any atom is -0.493 e. The lowest BCUT2D eigenvalue weighted by Crippen LogP contribution is -2.53. The van der Waals surface area contributed by atoms with Gasteiger partial charge < -0.3 is 25.0 Å². The number of hydrogen-bond donors (Lipinski definition) is 2. The summed E-state index contributed by atoms with van der Waals surface area (Å²) in [7, 11) is 3.28. The molecule has 1 aliphatic heterocycles. The molecule has 1 saturated heterocycles. The van der Waals surface area contributed by atoms with Gasteiger partial charge in [-0.1, -0.05) is 24.3 Å². The van der Waals surface area contributed by atoms with Gasteiger partial charge in [0, 0.05) is 41.5 Å². The van der Waals surface area contributed by atoms with Gasteiger partial charge in [-0.05, 0) is 67.6 Å². The third-order valence-corrected chi connectivity index (χ3v) is 7.82. The first kappa shape index (κ1) is 24.9. The number of urea groups is 1. The van der Waals surface area contributed by atoms with Gasteiger partial charge in [-0.25, -0.2) is 13.6 Å². The van der Waals surface area contributed by atoms with Gasteiger partial charge in [0.15, 0.2) is 23.1 Å². The average molecular weight is 508 g/mol. The molecule has 5 rings (SSSR count). The standard InChI is InChI=1S/C29H31F2N3O3/c1-36-25-11-8-19(16-26(25)37-2)29-13-12-21(33-28(35)32-20-9-10-23(30)24(31)17-20)18-27(29)34(15-14-29)22-6-4-3-5-7-22/h3-11,16-17,21,27H,12-15,18H2,1-2H3,(H2,32,33,35)/t21-,27+,29+/m1/s1. The fourth-order valence-electron chi connectivity index (χ4n) is 6.02. The van der Waals surface area contributed by atoms with Crippen LogP contribution < -0.4 is 25.0 Å². The number of halogens is 2. The number of carbonyl (C=O) groups is 1. The summed E-state index contributed by atoms with van der Waals surface area (Å²) in [6.07, 6.45) is 3.40. The zero-order valence-electron chi connectivity index (χ0n) is 21.0. The van der Waals surface area contributed by atoms with Crippen molar-refractivity contribution in [1.82, 2.24) is 5.32 Å². The average Bonchev–Trinajstić information content (AvgIpc) is 3.30. The molecule has 8 heteroatoms. The summed E-state index contributed by atoms with van der Waals surface area (Å²) in [5.41, 5.74) is 2.46. The molecule has 6 nitrogen and oxygen atoms in total. The fourth-order valence-corrected chi connectivity index (χ4v) is 6.02. The molecule has 2 N–H and O–H groups in total. The van der Waals surface area contributed by atoms with Crippen LogP contribution in [0.3, 0.4) is 0 Å². The Morgan fingerprint density at radius 2 is 1.73 bits per heavy atom. The number of amides is 2. The van der Waals surface area contributed by atoms with Crippen LogP contribution >= 0.6 is 0 Å². The van der Waals surface area contributed by atoms with Crippen LogP contribution in [0.4, 0.5) is 25.0 Å². The lowest BCUT2D eigenvalue weighted by atomic mass is 9.65. The minimum atomic E-state index is -1.00. The molecular formula is C29H31F2N3O3. The molecule has 0 unspecified atom stereocenters. The number of methoxy groups -OCH3 is 2. The number of nitrogens with one attached hydrogen (secondary N) is 2. The van der Waals surface area contributed by atoms with Crippen LogP contribution in [0.1, 0.15) is 31.2 Å². The second-order valence-electron chi connectivity index (χ2n) is 9.72. The Balaban J connectivity index is 1.40. The van der Waals surface area contributed by atoms with Gasteiger partial charge in [-0.3, -0.25) is 0 Å². The summed E-state index contributed by atoms with van der Waals surface area (Å²) < 4.78 is 37.9. The second-order valence-corrected chi connectivity index (χ2v) is 9.72. The van der Waals surface area contributed by atoms with Crippen molar-refractivity contribution in [3.05, 3.63) is 83.9 Å². The SMILES string of the molecule is COc1ccc([C@@]23CC[C@@H](NC(=O)Nc4ccc(F)c(F)c4)C[C@@H]2N(c2ccccc2)CC3)cc1OC. The Morgan fingerprint density at radius 3 is 2.46 bits per heavy atom. The predicted octanol–water partition coefficient (Wildman–Crippen LogP) is 5.87. The van der Waals surface area contributed by atoms with Crippen LogP contribution in [0.2, 0.25) is 0 Å². The molecule has 0 aromatic heterocycles. The first-order valence-electron chi connectivity index (χ1n) is 12.5. The van der Waals surface area contributed by atoms with Crippen molar-refractivity contribution in [2.75, 3.05) is 31.0 Å². The molecule has 1 heterocycles. The van der Waals surface area contributed by atoms with Gasteiger partial charge in [0.2, 0.25) is 0 Å². The highest BCUT2D eigenvalue weighted by Gasteiger charge is 2.52. The lowest BCUT2D eigenvalue weighted by molar-refractivity contribution is 0.220. The van der Waals surface area contributed by atoms with Crippen molar-refractivity contribution in [1.29, 1.82) is 0 Å². The number of para-hydroxylation sites is 1. The molecule has 0 bridgehead atoms. The van der Waals surface area contributed by atoms with E-state index in [0.717, 1.165) is 50.0 Å². The van der Waals surface area contributed by atoms with E-state index in [4.69, 9.17) is 9.47 Å². The van der Waals surface area contributed by atoms with Crippen molar-refractivity contribution in [3.8, 4) is 11.5 Å². The molecule has 3 aromatic carbocycles. The van der Waals surface area contributed by atoms with Crippen molar-refractivity contribution >= 4 is 17.4 Å². The van der Waals surface area contributed by atoms with Crippen LogP contribution in [0, 0.1) is 11.6 Å². The smallest absolute Gasteiger partial charge is 0.319 e. The number of hydrogen-bond acceptors (Lipinski definition) is 4. The van der Waals surface area contributed by atoms with E-state index in [9.17, 15) is 13.6 Å². The largest absolute Gasteiger partial charge is 0.493 e. The number of carbonyl (C=O) groups excluding carboxylic acids is 1. The normalized spacial score (nSPS) is 22.8. The number of rotatable bonds is 6. The highest BCUT2D eigenvalue weighted by Crippen LogP contribution is 2.51. The molecule has 2 fully saturated rings. The Labute approximate surface area is 215 Å². The molecule has 2 amide bonds. The Kier molecular flexibility index (Phi) is 6.91. The van der Waals surface area contributed by atoms with E-state index < -0.39 is 17.7 Å². The monoisotopic (exact) mass is 507 g/mol. The quantitative estimate of drug-likeness (QED) is 0.438. The molecule has 2 aliphatic rings. The van der Waals surface area contributed by atoms with Crippen LogP contribution in [0.25, 0.3) is 0 Å². The maximum atomic E-state index is 13.6. The van der Waals surface area contributed by atoms with E-state index in [2.05, 4.69) is 39.8 Å². The van der Waals surface area contributed by atoms with Crippen LogP contribution in [-0.2, 0) is 5.41 Å². The summed E-state index contributed by atoms with van der Waals surface area (Å²) in [6, 6.07) is 19.5. The number of ether oxygens (including phenoxy) is 2. The molecule has 194 valence electrons. The Morgan fingerprint density at radius 1 is 0.946 bits per heavy atom. The van der Waals surface area contributed by atoms with Crippen molar-refractivity contribution in [2.24, 2.45) is 0 Å². The lowest BCUT2D eigenvalue weighted by Gasteiger charge is -2.46. The second kappa shape index (κ2) is 10.3. The van der Waals surface area contributed by atoms with Crippen molar-refractivity contribution < 1.29 is 23.0 Å². The molecule has 1 aliphatic carbocycles. The van der Waals surface area contributed by atoms with Crippen LogP contribution in [0.5, 0.6) is 11.5 Å². The first-order valence-corrected chi connectivity index (χ1v) is 12.5. The highest BCUT2D eigenvalue weighted by molar-refractivity contribution is 5.89. The van der Waals surface area contributed by atoms with Crippen LogP contribution in [0.15, 0.2) is 66.7 Å². The minimum absolute atomic E-state index is 0.0760. The zero-order valence-corrected chi connectivity index (χ0v) is 21.0. The summed E-state index contributed by atoms with van der Waals surface area (Å²) >= 11 is 0. The van der Waals surface area contributed by atoms with Gasteiger partial charge in [0.05, 0.1) is 14.2 Å². The highest BCUT2D eigenvalue weighted by atomic mass is 19.2. The van der Waals surface area contributed by atoms with Crippen molar-refractivity contribution in [3.63, 3.8) is 0 Å². The van der Waals surface area contributed by atoms with Crippen LogP contribution in [-0.4, -0.2) is 38.9 Å². The van der Waals surface area contributed by atoms with E-state index >= 15 is 0 Å². The van der Waals surface area contributed by atoms with E-state index in [-0.39, 0.29) is 23.2 Å². The number of nitrogens with zero attached hydrogens (tertiary/aromatic N) is 1. The maximum Gasteiger partial charge on any atom is 0.319 e. The third-order valence-electron chi connectivity index (χ3n) is 7.82. The van der Waals surface area contributed by atoms with Gasteiger partial charge in [-0.15, -0.1) is 0 Å². The molecule has 3 aromatic rings. The third kappa shape index (κ3) is 4.80. The summed E-state index contributed by atoms with van der Waals surface area (Å²) in [6.45, 7) is 0.900. The Hall–Kier alpha value is -3.81. The van der Waals surface area contributed by atoms with E-state index in [1.807, 2.05) is 24.3 Å². The number of fused-ring (bicyclic) bond motifs is 1. The summed E-state index contributed by atoms with van der Waals surface area (Å²) in [4.78, 5) is 15.2. The van der Waals surface area contributed by atoms with Gasteiger partial charge in [-0.2, -0.15) is 0 Å². The molecular weight excluding hydrogens is 476 g/mol. The Bertz CT molecular complexity index is 1270. The molecule has 1 saturated carbocycles. The molecule has 3 atom stereocenters. The number of anilines is 2. The van der Waals surface area contributed by atoms with Gasteiger partial charge >= 0.3 is 6.03 Å². The molecule has 37 heavy (non-hydrogen) atoms. The van der Waals surface area contributed by atoms with E-state index in [1.165, 1.54) is 11.6 Å². The predicted molar refractivity (Wildman–Crippen MR) is 140 cm³/mol. The summed E-state index contributed by atoms with van der Waals surface area (Å²) in [5.74, 6) is -0.551. The first-order chi connectivity index (χ1) is 17.9. The molecule has 0 spiro atoms. The van der Waals surface area contributed by atoms with Gasteiger partial charge in [0.1, 0.15) is 0 Å². The van der Waals surface area contributed by atoms with Crippen molar-refractivity contribution in [2.45, 2.75) is 43.2 Å². The maximum absolute atomic E-state index is 13.6. The van der Waals surface area contributed by atoms with E-state index in [1.54, 1.807) is 14.2 Å². The summed E-state index contributed by atoms with van der Waals surface area (Å²) in [5, 5.41) is 5.69. The number of benzene rings is 3. The topological polar surface area (TPSA) is 62.8 Å². The molecule has 0 radical (unpaired) electrons. The fraction of sp³-hybridized carbons (Fsp3) is 0.345. The zero-order chi connectivity index (χ0) is 26.0.